The Kier molecular flexibility index (Phi) is 4.35. The molecular formula is C19H18FN5O. The summed E-state index contributed by atoms with van der Waals surface area (Å²) < 4.78 is 13.1. The van der Waals surface area contributed by atoms with Crippen LogP contribution in [0, 0.1) is 5.82 Å². The van der Waals surface area contributed by atoms with Crippen molar-refractivity contribution in [3.8, 4) is 11.3 Å². The van der Waals surface area contributed by atoms with Gasteiger partial charge in [-0.2, -0.15) is 5.10 Å². The number of halogens is 1. The molecule has 0 saturated carbocycles. The number of benzene rings is 1. The third-order valence-corrected chi connectivity index (χ3v) is 4.51. The van der Waals surface area contributed by atoms with Crippen molar-refractivity contribution < 1.29 is 9.18 Å². The van der Waals surface area contributed by atoms with Crippen LogP contribution in [0.3, 0.4) is 0 Å². The molecule has 1 amide bonds. The van der Waals surface area contributed by atoms with Crippen molar-refractivity contribution in [2.45, 2.75) is 12.5 Å². The minimum atomic E-state index is -0.263. The van der Waals surface area contributed by atoms with E-state index in [0.717, 1.165) is 30.0 Å². The predicted molar refractivity (Wildman–Crippen MR) is 96.3 cm³/mol. The van der Waals surface area contributed by atoms with Crippen LogP contribution < -0.4 is 10.2 Å². The summed E-state index contributed by atoms with van der Waals surface area (Å²) in [4.78, 5) is 18.3. The number of nitrogens with one attached hydrogen (secondary N) is 2. The van der Waals surface area contributed by atoms with Crippen LogP contribution in [0.4, 0.5) is 10.2 Å². The van der Waals surface area contributed by atoms with Gasteiger partial charge in [-0.05, 0) is 48.4 Å². The number of hydrogen-bond donors (Lipinski definition) is 2. The molecule has 1 atom stereocenters. The van der Waals surface area contributed by atoms with E-state index in [1.54, 1.807) is 36.7 Å². The smallest absolute Gasteiger partial charge is 0.251 e. The molecule has 132 valence electrons. The quantitative estimate of drug-likeness (QED) is 0.758. The Morgan fingerprint density at radius 2 is 1.96 bits per heavy atom. The number of nitrogens with zero attached hydrogens (tertiary/aromatic N) is 3. The molecule has 0 radical (unpaired) electrons. The summed E-state index contributed by atoms with van der Waals surface area (Å²) in [7, 11) is 0. The van der Waals surface area contributed by atoms with Crippen LogP contribution in [-0.4, -0.2) is 40.2 Å². The van der Waals surface area contributed by atoms with Gasteiger partial charge in [-0.1, -0.05) is 0 Å². The highest BCUT2D eigenvalue weighted by Crippen LogP contribution is 2.24. The van der Waals surface area contributed by atoms with Gasteiger partial charge in [-0.3, -0.25) is 14.9 Å². The van der Waals surface area contributed by atoms with Gasteiger partial charge in [0.25, 0.3) is 5.91 Å². The van der Waals surface area contributed by atoms with Crippen LogP contribution in [0.25, 0.3) is 11.3 Å². The minimum absolute atomic E-state index is 0.0710. The van der Waals surface area contributed by atoms with Crippen molar-refractivity contribution in [2.24, 2.45) is 0 Å². The number of rotatable bonds is 4. The fraction of sp³-hybridized carbons (Fsp3) is 0.211. The molecule has 1 saturated heterocycles. The lowest BCUT2D eigenvalue weighted by Crippen LogP contribution is -2.37. The molecule has 6 nitrogen and oxygen atoms in total. The van der Waals surface area contributed by atoms with Crippen molar-refractivity contribution >= 4 is 11.7 Å². The number of pyridine rings is 1. The second-order valence-electron chi connectivity index (χ2n) is 6.29. The molecule has 2 N–H and O–H groups in total. The summed E-state index contributed by atoms with van der Waals surface area (Å²) in [6.45, 7) is 1.51. The van der Waals surface area contributed by atoms with E-state index in [1.807, 2.05) is 6.07 Å². The number of anilines is 1. The molecule has 0 aliphatic carbocycles. The molecule has 3 aromatic rings. The molecule has 26 heavy (non-hydrogen) atoms. The number of hydrogen-bond acceptors (Lipinski definition) is 4. The van der Waals surface area contributed by atoms with Crippen molar-refractivity contribution in [2.75, 3.05) is 18.0 Å². The lowest BCUT2D eigenvalue weighted by molar-refractivity contribution is 0.0940. The summed E-state index contributed by atoms with van der Waals surface area (Å²) in [5.41, 5.74) is 2.33. The average Bonchev–Trinajstić information content (AvgIpc) is 3.32. The van der Waals surface area contributed by atoms with Gasteiger partial charge in [0.15, 0.2) is 5.82 Å². The van der Waals surface area contributed by atoms with Crippen LogP contribution in [0.2, 0.25) is 0 Å². The summed E-state index contributed by atoms with van der Waals surface area (Å²) in [6.07, 6.45) is 4.07. The standard InChI is InChI=1S/C19H18FN5O/c20-15-3-1-13(2-4-15)17-11-18(24-23-17)25-10-7-16(12-25)22-19(26)14-5-8-21-9-6-14/h1-6,8-9,11,16H,7,10,12H2,(H,22,26)(H,23,24)/t16-/m0/s1. The number of aromatic amines is 1. The molecule has 0 spiro atoms. The highest BCUT2D eigenvalue weighted by molar-refractivity contribution is 5.94. The lowest BCUT2D eigenvalue weighted by Gasteiger charge is -2.16. The normalized spacial score (nSPS) is 16.7. The summed E-state index contributed by atoms with van der Waals surface area (Å²) >= 11 is 0. The number of carbonyl (C=O) groups is 1. The second-order valence-corrected chi connectivity index (χ2v) is 6.29. The Morgan fingerprint density at radius 1 is 1.19 bits per heavy atom. The molecule has 1 aliphatic heterocycles. The fourth-order valence-electron chi connectivity index (χ4n) is 3.11. The van der Waals surface area contributed by atoms with E-state index in [0.29, 0.717) is 12.1 Å². The summed E-state index contributed by atoms with van der Waals surface area (Å²) in [6, 6.07) is 11.7. The molecular weight excluding hydrogens is 333 g/mol. The average molecular weight is 351 g/mol. The van der Waals surface area contributed by atoms with Gasteiger partial charge < -0.3 is 10.2 Å². The third-order valence-electron chi connectivity index (χ3n) is 4.51. The Bertz CT molecular complexity index is 894. The molecule has 1 fully saturated rings. The van der Waals surface area contributed by atoms with E-state index < -0.39 is 0 Å². The van der Waals surface area contributed by atoms with Crippen LogP contribution in [0.15, 0.2) is 54.9 Å². The predicted octanol–water partition coefficient (Wildman–Crippen LogP) is 2.62. The first kappa shape index (κ1) is 16.3. The van der Waals surface area contributed by atoms with Gasteiger partial charge in [0.1, 0.15) is 5.82 Å². The zero-order valence-electron chi connectivity index (χ0n) is 14.0. The van der Waals surface area contributed by atoms with Gasteiger partial charge in [-0.15, -0.1) is 0 Å². The molecule has 1 aromatic carbocycles. The van der Waals surface area contributed by atoms with Gasteiger partial charge in [-0.25, -0.2) is 4.39 Å². The maximum atomic E-state index is 13.1. The maximum absolute atomic E-state index is 13.1. The van der Waals surface area contributed by atoms with E-state index in [2.05, 4.69) is 25.4 Å². The van der Waals surface area contributed by atoms with Crippen molar-refractivity contribution in [3.05, 3.63) is 66.2 Å². The fourth-order valence-corrected chi connectivity index (χ4v) is 3.11. The zero-order valence-corrected chi connectivity index (χ0v) is 14.0. The number of carbonyl (C=O) groups excluding carboxylic acids is 1. The first-order valence-corrected chi connectivity index (χ1v) is 8.46. The van der Waals surface area contributed by atoms with Crippen molar-refractivity contribution in [3.63, 3.8) is 0 Å². The van der Waals surface area contributed by atoms with Crippen LogP contribution in [-0.2, 0) is 0 Å². The van der Waals surface area contributed by atoms with Gasteiger partial charge in [0.2, 0.25) is 0 Å². The highest BCUT2D eigenvalue weighted by atomic mass is 19.1. The lowest BCUT2D eigenvalue weighted by atomic mass is 10.1. The monoisotopic (exact) mass is 351 g/mol. The molecule has 3 heterocycles. The molecule has 0 unspecified atom stereocenters. The van der Waals surface area contributed by atoms with Crippen LogP contribution in [0.1, 0.15) is 16.8 Å². The Morgan fingerprint density at radius 3 is 2.73 bits per heavy atom. The van der Waals surface area contributed by atoms with Crippen LogP contribution >= 0.6 is 0 Å². The first-order chi connectivity index (χ1) is 12.7. The molecule has 1 aliphatic rings. The van der Waals surface area contributed by atoms with E-state index in [-0.39, 0.29) is 17.8 Å². The van der Waals surface area contributed by atoms with E-state index >= 15 is 0 Å². The second kappa shape index (κ2) is 6.95. The SMILES string of the molecule is O=C(N[C@H]1CCN(c2cc(-c3ccc(F)cc3)[nH]n2)C1)c1ccncc1. The van der Waals surface area contributed by atoms with E-state index in [4.69, 9.17) is 0 Å². The molecule has 2 aromatic heterocycles. The van der Waals surface area contributed by atoms with Crippen molar-refractivity contribution in [1.82, 2.24) is 20.5 Å². The third kappa shape index (κ3) is 3.42. The number of aromatic nitrogens is 3. The molecule has 7 heteroatoms. The minimum Gasteiger partial charge on any atom is -0.353 e. The number of H-pyrrole nitrogens is 1. The summed E-state index contributed by atoms with van der Waals surface area (Å²) in [5, 5.41) is 10.4. The van der Waals surface area contributed by atoms with Gasteiger partial charge >= 0.3 is 0 Å². The zero-order chi connectivity index (χ0) is 17.9. The Balaban J connectivity index is 1.40. The Hall–Kier alpha value is -3.22. The topological polar surface area (TPSA) is 73.9 Å². The van der Waals surface area contributed by atoms with Crippen molar-refractivity contribution in [1.29, 1.82) is 0 Å². The van der Waals surface area contributed by atoms with Gasteiger partial charge in [0.05, 0.1) is 5.69 Å². The summed E-state index contributed by atoms with van der Waals surface area (Å²) in [5.74, 6) is 0.471. The Labute approximate surface area is 150 Å². The maximum Gasteiger partial charge on any atom is 0.251 e. The largest absolute Gasteiger partial charge is 0.353 e. The number of amides is 1. The first-order valence-electron chi connectivity index (χ1n) is 8.46. The molecule has 4 rings (SSSR count). The van der Waals surface area contributed by atoms with E-state index in [1.165, 1.54) is 12.1 Å². The highest BCUT2D eigenvalue weighted by Gasteiger charge is 2.26. The van der Waals surface area contributed by atoms with E-state index in [9.17, 15) is 9.18 Å². The van der Waals surface area contributed by atoms with Gasteiger partial charge in [0, 0.05) is 43.2 Å². The van der Waals surface area contributed by atoms with Crippen LogP contribution in [0.5, 0.6) is 0 Å². The molecule has 0 bridgehead atoms.